The Hall–Kier alpha value is -1.10. The van der Waals surface area contributed by atoms with E-state index >= 15 is 0 Å². The van der Waals surface area contributed by atoms with E-state index in [9.17, 15) is 12.8 Å². The molecule has 3 nitrogen and oxygen atoms in total. The van der Waals surface area contributed by atoms with Crippen LogP contribution in [0.3, 0.4) is 0 Å². The van der Waals surface area contributed by atoms with Crippen molar-refractivity contribution in [2.45, 2.75) is 42.8 Å². The van der Waals surface area contributed by atoms with Gasteiger partial charge in [0.05, 0.1) is 10.1 Å². The topological polar surface area (TPSA) is 60.2 Å². The van der Waals surface area contributed by atoms with E-state index in [0.29, 0.717) is 18.8 Å². The lowest BCUT2D eigenvalue weighted by molar-refractivity contribution is 0.382. The second kappa shape index (κ2) is 4.88. The number of anilines is 1. The van der Waals surface area contributed by atoms with E-state index in [0.717, 1.165) is 25.0 Å². The van der Waals surface area contributed by atoms with Crippen molar-refractivity contribution in [3.8, 4) is 0 Å². The summed E-state index contributed by atoms with van der Waals surface area (Å²) < 4.78 is 38.0. The maximum absolute atomic E-state index is 13.2. The second-order valence-electron chi connectivity index (χ2n) is 5.15. The van der Waals surface area contributed by atoms with E-state index in [-0.39, 0.29) is 10.6 Å². The number of benzene rings is 1. The summed E-state index contributed by atoms with van der Waals surface area (Å²) in [4.78, 5) is 0.0135. The Morgan fingerprint density at radius 3 is 2.33 bits per heavy atom. The first-order chi connectivity index (χ1) is 8.39. The van der Waals surface area contributed by atoms with Gasteiger partial charge in [-0.05, 0) is 49.8 Å². The SMILES string of the molecule is CC1CCC(S(=O)(=O)c2cc(N)cc(F)c2)CC1. The minimum absolute atomic E-state index is 0.0135. The molecule has 2 N–H and O–H groups in total. The number of rotatable bonds is 2. The Balaban J connectivity index is 2.30. The van der Waals surface area contributed by atoms with Crippen LogP contribution in [0.5, 0.6) is 0 Å². The summed E-state index contributed by atoms with van der Waals surface area (Å²) in [5.41, 5.74) is 5.65. The molecule has 0 atom stereocenters. The van der Waals surface area contributed by atoms with Gasteiger partial charge in [0, 0.05) is 5.69 Å². The highest BCUT2D eigenvalue weighted by atomic mass is 32.2. The normalized spacial score (nSPS) is 25.0. The van der Waals surface area contributed by atoms with Crippen molar-refractivity contribution in [3.05, 3.63) is 24.0 Å². The van der Waals surface area contributed by atoms with Gasteiger partial charge in [0.2, 0.25) is 0 Å². The molecule has 100 valence electrons. The van der Waals surface area contributed by atoms with E-state index in [4.69, 9.17) is 5.73 Å². The molecule has 18 heavy (non-hydrogen) atoms. The third-order valence-electron chi connectivity index (χ3n) is 3.62. The van der Waals surface area contributed by atoms with Crippen LogP contribution < -0.4 is 5.73 Å². The average Bonchev–Trinajstić information content (AvgIpc) is 2.28. The predicted octanol–water partition coefficient (Wildman–Crippen LogP) is 2.76. The molecule has 0 aliphatic heterocycles. The van der Waals surface area contributed by atoms with Gasteiger partial charge >= 0.3 is 0 Å². The molecule has 1 aromatic carbocycles. The molecule has 0 spiro atoms. The van der Waals surface area contributed by atoms with Gasteiger partial charge in [-0.15, -0.1) is 0 Å². The summed E-state index contributed by atoms with van der Waals surface area (Å²) in [6.45, 7) is 2.13. The Morgan fingerprint density at radius 2 is 1.78 bits per heavy atom. The van der Waals surface area contributed by atoms with Crippen LogP contribution >= 0.6 is 0 Å². The van der Waals surface area contributed by atoms with Crippen molar-refractivity contribution in [2.75, 3.05) is 5.73 Å². The van der Waals surface area contributed by atoms with Crippen LogP contribution in [0.4, 0.5) is 10.1 Å². The van der Waals surface area contributed by atoms with Crippen molar-refractivity contribution in [2.24, 2.45) is 5.92 Å². The zero-order valence-electron chi connectivity index (χ0n) is 10.4. The summed E-state index contributed by atoms with van der Waals surface area (Å²) in [5, 5.41) is -0.394. The summed E-state index contributed by atoms with van der Waals surface area (Å²) in [6.07, 6.45) is 3.13. The highest BCUT2D eigenvalue weighted by molar-refractivity contribution is 7.92. The largest absolute Gasteiger partial charge is 0.399 e. The van der Waals surface area contributed by atoms with Gasteiger partial charge in [-0.25, -0.2) is 12.8 Å². The lowest BCUT2D eigenvalue weighted by Gasteiger charge is -2.26. The Bertz CT molecular complexity index is 514. The number of nitrogen functional groups attached to an aromatic ring is 1. The van der Waals surface area contributed by atoms with Gasteiger partial charge in [0.15, 0.2) is 9.84 Å². The Kier molecular flexibility index (Phi) is 3.61. The van der Waals surface area contributed by atoms with E-state index in [1.807, 2.05) is 0 Å². The highest BCUT2D eigenvalue weighted by Gasteiger charge is 2.31. The van der Waals surface area contributed by atoms with Crippen LogP contribution in [0.15, 0.2) is 23.1 Å². The first-order valence-corrected chi connectivity index (χ1v) is 7.74. The van der Waals surface area contributed by atoms with Gasteiger partial charge in [0.25, 0.3) is 0 Å². The van der Waals surface area contributed by atoms with E-state index in [1.54, 1.807) is 0 Å². The number of nitrogens with two attached hydrogens (primary N) is 1. The number of halogens is 1. The molecular formula is C13H18FNO2S. The fourth-order valence-electron chi connectivity index (χ4n) is 2.48. The van der Waals surface area contributed by atoms with Gasteiger partial charge in [0.1, 0.15) is 5.82 Å². The molecule has 2 rings (SSSR count). The van der Waals surface area contributed by atoms with Crippen LogP contribution in [0.2, 0.25) is 0 Å². The monoisotopic (exact) mass is 271 g/mol. The molecule has 5 heteroatoms. The van der Waals surface area contributed by atoms with Crippen LogP contribution in [-0.4, -0.2) is 13.7 Å². The Morgan fingerprint density at radius 1 is 1.17 bits per heavy atom. The first kappa shape index (κ1) is 13.3. The molecule has 0 aromatic heterocycles. The third kappa shape index (κ3) is 2.66. The van der Waals surface area contributed by atoms with Gasteiger partial charge in [-0.1, -0.05) is 6.92 Å². The summed E-state index contributed by atoms with van der Waals surface area (Å²) in [6, 6.07) is 3.53. The van der Waals surface area contributed by atoms with Crippen LogP contribution in [-0.2, 0) is 9.84 Å². The molecule has 1 aliphatic carbocycles. The summed E-state index contributed by atoms with van der Waals surface area (Å²) in [5.74, 6) is -0.0215. The molecule has 0 radical (unpaired) electrons. The molecule has 0 unspecified atom stereocenters. The molecule has 1 fully saturated rings. The minimum Gasteiger partial charge on any atom is -0.399 e. The molecule has 0 heterocycles. The van der Waals surface area contributed by atoms with Gasteiger partial charge in [-0.2, -0.15) is 0 Å². The second-order valence-corrected chi connectivity index (χ2v) is 7.38. The lowest BCUT2D eigenvalue weighted by atomic mass is 9.91. The highest BCUT2D eigenvalue weighted by Crippen LogP contribution is 2.32. The number of sulfone groups is 1. The van der Waals surface area contributed by atoms with Crippen LogP contribution in [0.1, 0.15) is 32.6 Å². The average molecular weight is 271 g/mol. The fourth-order valence-corrected chi connectivity index (χ4v) is 4.34. The van der Waals surface area contributed by atoms with Crippen LogP contribution in [0, 0.1) is 11.7 Å². The predicted molar refractivity (Wildman–Crippen MR) is 69.4 cm³/mol. The minimum atomic E-state index is -3.45. The smallest absolute Gasteiger partial charge is 0.181 e. The summed E-state index contributed by atoms with van der Waals surface area (Å²) in [7, 11) is -3.45. The molecule has 0 bridgehead atoms. The van der Waals surface area contributed by atoms with Crippen molar-refractivity contribution in [3.63, 3.8) is 0 Å². The molecule has 0 amide bonds. The van der Waals surface area contributed by atoms with Crippen molar-refractivity contribution in [1.29, 1.82) is 0 Å². The summed E-state index contributed by atoms with van der Waals surface area (Å²) >= 11 is 0. The maximum atomic E-state index is 13.2. The fraction of sp³-hybridized carbons (Fsp3) is 0.538. The molecule has 1 aromatic rings. The maximum Gasteiger partial charge on any atom is 0.181 e. The zero-order chi connectivity index (χ0) is 13.3. The number of hydrogen-bond donors (Lipinski definition) is 1. The quantitative estimate of drug-likeness (QED) is 0.841. The van der Waals surface area contributed by atoms with Gasteiger partial charge < -0.3 is 5.73 Å². The van der Waals surface area contributed by atoms with Gasteiger partial charge in [-0.3, -0.25) is 0 Å². The Labute approximate surface area is 107 Å². The van der Waals surface area contributed by atoms with Crippen LogP contribution in [0.25, 0.3) is 0 Å². The molecule has 1 saturated carbocycles. The van der Waals surface area contributed by atoms with E-state index in [2.05, 4.69) is 6.92 Å². The third-order valence-corrected chi connectivity index (χ3v) is 5.87. The van der Waals surface area contributed by atoms with E-state index < -0.39 is 20.9 Å². The molecule has 1 aliphatic rings. The van der Waals surface area contributed by atoms with E-state index in [1.165, 1.54) is 6.07 Å². The van der Waals surface area contributed by atoms with Crippen molar-refractivity contribution in [1.82, 2.24) is 0 Å². The standard InChI is InChI=1S/C13H18FNO2S/c1-9-2-4-12(5-3-9)18(16,17)13-7-10(14)6-11(15)8-13/h6-9,12H,2-5,15H2,1H3. The molecule has 0 saturated heterocycles. The lowest BCUT2D eigenvalue weighted by Crippen LogP contribution is -2.26. The first-order valence-electron chi connectivity index (χ1n) is 6.19. The van der Waals surface area contributed by atoms with Crippen molar-refractivity contribution >= 4 is 15.5 Å². The number of hydrogen-bond acceptors (Lipinski definition) is 3. The van der Waals surface area contributed by atoms with Crippen molar-refractivity contribution < 1.29 is 12.8 Å². The molecular weight excluding hydrogens is 253 g/mol. The zero-order valence-corrected chi connectivity index (χ0v) is 11.2.